The van der Waals surface area contributed by atoms with E-state index in [1.807, 2.05) is 39.8 Å². The fourth-order valence-electron chi connectivity index (χ4n) is 6.90. The molecule has 0 nitrogen and oxygen atoms in total. The van der Waals surface area contributed by atoms with E-state index in [1.54, 1.807) is 0 Å². The molecule has 8 rings (SSSR count). The smallest absolute Gasteiger partial charge is 0.00169 e. The van der Waals surface area contributed by atoms with Crippen molar-refractivity contribution in [1.29, 1.82) is 0 Å². The summed E-state index contributed by atoms with van der Waals surface area (Å²) >= 11 is 0. The molecule has 0 unspecified atom stereocenters. The SMILES string of the molecule is C/C(=C(/Cc1ccccc1)c1ccccc1C)c1ccc(C)cc1-c1ccccc1.CC.CC.Cc1ccc(-c2ccccc2)cc1.Cc1ccc(-c2ccccc2)cc1. The van der Waals surface area contributed by atoms with E-state index < -0.39 is 0 Å². The summed E-state index contributed by atoms with van der Waals surface area (Å²) in [6.45, 7) is 18.9. The molecule has 0 aromatic heterocycles. The second-order valence-electron chi connectivity index (χ2n) is 14.5. The number of hydrogen-bond donors (Lipinski definition) is 0. The Morgan fingerprint density at radius 3 is 1.15 bits per heavy atom. The minimum Gasteiger partial charge on any atom is -0.0683 e. The van der Waals surface area contributed by atoms with Crippen molar-refractivity contribution in [3.8, 4) is 33.4 Å². The van der Waals surface area contributed by atoms with Gasteiger partial charge in [-0.3, -0.25) is 0 Å². The lowest BCUT2D eigenvalue weighted by Crippen LogP contribution is -1.99. The van der Waals surface area contributed by atoms with Crippen LogP contribution >= 0.6 is 0 Å². The Labute approximate surface area is 363 Å². The summed E-state index contributed by atoms with van der Waals surface area (Å²) in [5.74, 6) is 0. The molecular weight excluding hydrogens is 721 g/mol. The molecule has 60 heavy (non-hydrogen) atoms. The van der Waals surface area contributed by atoms with Crippen molar-refractivity contribution in [2.45, 2.75) is 68.7 Å². The van der Waals surface area contributed by atoms with Crippen molar-refractivity contribution in [3.05, 3.63) is 251 Å². The van der Waals surface area contributed by atoms with Crippen LogP contribution < -0.4 is 0 Å². The summed E-state index contributed by atoms with van der Waals surface area (Å²) in [6.07, 6.45) is 0.916. The Kier molecular flexibility index (Phi) is 19.3. The largest absolute Gasteiger partial charge is 0.0683 e. The van der Waals surface area contributed by atoms with Gasteiger partial charge in [0.1, 0.15) is 0 Å². The van der Waals surface area contributed by atoms with Crippen LogP contribution in [0.4, 0.5) is 0 Å². The molecule has 8 aromatic rings. The zero-order chi connectivity index (χ0) is 43.1. The number of rotatable bonds is 7. The summed E-state index contributed by atoms with van der Waals surface area (Å²) in [5, 5.41) is 0. The zero-order valence-corrected chi connectivity index (χ0v) is 37.4. The van der Waals surface area contributed by atoms with Crippen molar-refractivity contribution in [2.24, 2.45) is 0 Å². The number of aryl methyl sites for hydroxylation is 4. The topological polar surface area (TPSA) is 0 Å². The molecule has 0 N–H and O–H groups in total. The quantitative estimate of drug-likeness (QED) is 0.141. The van der Waals surface area contributed by atoms with Crippen molar-refractivity contribution in [2.75, 3.05) is 0 Å². The van der Waals surface area contributed by atoms with Crippen LogP contribution in [-0.4, -0.2) is 0 Å². The third-order valence-electron chi connectivity index (χ3n) is 10.1. The lowest BCUT2D eigenvalue weighted by Gasteiger charge is -2.19. The van der Waals surface area contributed by atoms with Gasteiger partial charge in [0, 0.05) is 0 Å². The highest BCUT2D eigenvalue weighted by Gasteiger charge is 2.15. The van der Waals surface area contributed by atoms with Crippen LogP contribution in [0.15, 0.2) is 212 Å². The predicted molar refractivity (Wildman–Crippen MR) is 266 cm³/mol. The van der Waals surface area contributed by atoms with Crippen molar-refractivity contribution in [1.82, 2.24) is 0 Å². The van der Waals surface area contributed by atoms with Crippen LogP contribution in [0.3, 0.4) is 0 Å². The molecule has 0 aliphatic rings. The first kappa shape index (κ1) is 46.2. The van der Waals surface area contributed by atoms with Crippen LogP contribution in [-0.2, 0) is 6.42 Å². The van der Waals surface area contributed by atoms with Crippen molar-refractivity contribution < 1.29 is 0 Å². The van der Waals surface area contributed by atoms with Gasteiger partial charge in [0.15, 0.2) is 0 Å². The van der Waals surface area contributed by atoms with Gasteiger partial charge in [0.05, 0.1) is 0 Å². The number of hydrogen-bond acceptors (Lipinski definition) is 0. The van der Waals surface area contributed by atoms with E-state index in [0.29, 0.717) is 0 Å². The van der Waals surface area contributed by atoms with Crippen molar-refractivity contribution >= 4 is 11.1 Å². The maximum Gasteiger partial charge on any atom is -0.00169 e. The Morgan fingerprint density at radius 2 is 0.700 bits per heavy atom. The van der Waals surface area contributed by atoms with Gasteiger partial charge in [0.25, 0.3) is 0 Å². The molecule has 0 spiro atoms. The summed E-state index contributed by atoms with van der Waals surface area (Å²) < 4.78 is 0. The van der Waals surface area contributed by atoms with E-state index >= 15 is 0 Å². The van der Waals surface area contributed by atoms with Gasteiger partial charge in [-0.25, -0.2) is 0 Å². The normalized spacial score (nSPS) is 10.4. The molecule has 0 aliphatic carbocycles. The molecular formula is C60H64. The number of benzene rings is 8. The zero-order valence-electron chi connectivity index (χ0n) is 37.4. The fourth-order valence-corrected chi connectivity index (χ4v) is 6.90. The van der Waals surface area contributed by atoms with E-state index in [0.717, 1.165) is 6.42 Å². The standard InChI is InChI=1S/C30H28.2C13H12.2C2H6/c1-22-18-19-28(30(20-22)26-15-8-5-9-16-26)24(3)29(21-25-13-6-4-7-14-25)27-17-11-10-12-23(27)2;2*1-11-7-9-13(10-8-11)12-5-3-2-4-6-12;2*1-2/h4-20H,21H2,1-3H3;2*2-10H,1H3;2*1-2H3/b29-24+;;;;. The molecule has 304 valence electrons. The maximum atomic E-state index is 2.31. The van der Waals surface area contributed by atoms with Gasteiger partial charge >= 0.3 is 0 Å². The molecule has 0 bridgehead atoms. The molecule has 0 saturated heterocycles. The molecule has 0 saturated carbocycles. The summed E-state index contributed by atoms with van der Waals surface area (Å²) in [4.78, 5) is 0. The first-order valence-electron chi connectivity index (χ1n) is 21.6. The Balaban J connectivity index is 0.000000218. The van der Waals surface area contributed by atoms with Gasteiger partial charge in [-0.05, 0) is 108 Å². The van der Waals surface area contributed by atoms with Crippen molar-refractivity contribution in [3.63, 3.8) is 0 Å². The molecule has 0 aliphatic heterocycles. The van der Waals surface area contributed by atoms with Gasteiger partial charge in [-0.1, -0.05) is 257 Å². The van der Waals surface area contributed by atoms with Crippen LogP contribution in [0.2, 0.25) is 0 Å². The predicted octanol–water partition coefficient (Wildman–Crippen LogP) is 17.5. The van der Waals surface area contributed by atoms with E-state index in [1.165, 1.54) is 83.5 Å². The van der Waals surface area contributed by atoms with Gasteiger partial charge in [-0.15, -0.1) is 0 Å². The minimum absolute atomic E-state index is 0.916. The van der Waals surface area contributed by atoms with E-state index in [9.17, 15) is 0 Å². The number of allylic oxidation sites excluding steroid dienone is 2. The van der Waals surface area contributed by atoms with E-state index in [2.05, 4.69) is 235 Å². The highest BCUT2D eigenvalue weighted by molar-refractivity contribution is 5.96. The first-order valence-corrected chi connectivity index (χ1v) is 21.6. The monoisotopic (exact) mass is 785 g/mol. The van der Waals surface area contributed by atoms with Crippen LogP contribution in [0.1, 0.15) is 73.6 Å². The molecule has 0 heteroatoms. The maximum absolute atomic E-state index is 2.31. The molecule has 0 radical (unpaired) electrons. The average molecular weight is 785 g/mol. The van der Waals surface area contributed by atoms with Gasteiger partial charge < -0.3 is 0 Å². The summed E-state index contributed by atoms with van der Waals surface area (Å²) in [5.41, 5.74) is 19.6. The van der Waals surface area contributed by atoms with Crippen LogP contribution in [0.25, 0.3) is 44.5 Å². The van der Waals surface area contributed by atoms with Crippen LogP contribution in [0, 0.1) is 27.7 Å². The molecule has 0 heterocycles. The summed E-state index contributed by atoms with van der Waals surface area (Å²) in [6, 6.07) is 75.1. The Bertz CT molecular complexity index is 2340. The lowest BCUT2D eigenvalue weighted by molar-refractivity contribution is 1.26. The fraction of sp³-hybridized carbons (Fsp3) is 0.167. The first-order chi connectivity index (χ1) is 29.4. The summed E-state index contributed by atoms with van der Waals surface area (Å²) in [7, 11) is 0. The average Bonchev–Trinajstić information content (AvgIpc) is 3.32. The highest BCUT2D eigenvalue weighted by atomic mass is 14.2. The van der Waals surface area contributed by atoms with E-state index in [4.69, 9.17) is 0 Å². The van der Waals surface area contributed by atoms with Crippen LogP contribution in [0.5, 0.6) is 0 Å². The molecule has 8 aromatic carbocycles. The Hall–Kier alpha value is -6.50. The van der Waals surface area contributed by atoms with E-state index in [-0.39, 0.29) is 0 Å². The molecule has 0 amide bonds. The Morgan fingerprint density at radius 1 is 0.333 bits per heavy atom. The third-order valence-corrected chi connectivity index (χ3v) is 10.1. The minimum atomic E-state index is 0.916. The second-order valence-corrected chi connectivity index (χ2v) is 14.5. The third kappa shape index (κ3) is 13.8. The molecule has 0 atom stereocenters. The highest BCUT2D eigenvalue weighted by Crippen LogP contribution is 2.36. The van der Waals surface area contributed by atoms with Gasteiger partial charge in [0.2, 0.25) is 0 Å². The lowest BCUT2D eigenvalue weighted by atomic mass is 9.85. The van der Waals surface area contributed by atoms with Gasteiger partial charge in [-0.2, -0.15) is 0 Å². The molecule has 0 fully saturated rings. The second kappa shape index (κ2) is 25.1.